The maximum Gasteiger partial charge on any atom is 0.490 e. The highest BCUT2D eigenvalue weighted by Gasteiger charge is 2.53. The van der Waals surface area contributed by atoms with Crippen LogP contribution in [-0.4, -0.2) is 59.4 Å². The number of urea groups is 1. The highest BCUT2D eigenvalue weighted by atomic mass is 19.4. The predicted molar refractivity (Wildman–Crippen MR) is 147 cm³/mol. The maximum atomic E-state index is 12.5. The second kappa shape index (κ2) is 11.5. The van der Waals surface area contributed by atoms with E-state index >= 15 is 0 Å². The summed E-state index contributed by atoms with van der Waals surface area (Å²) in [6.07, 6.45) is -5.35. The van der Waals surface area contributed by atoms with E-state index in [-0.39, 0.29) is 25.3 Å². The highest BCUT2D eigenvalue weighted by Crippen LogP contribution is 2.38. The Morgan fingerprint density at radius 2 is 1.84 bits per heavy atom. The minimum absolute atomic E-state index is 0.0949. The number of hydrogen-bond acceptors (Lipinski definition) is 9. The third-order valence-electron chi connectivity index (χ3n) is 7.25. The summed E-state index contributed by atoms with van der Waals surface area (Å²) >= 11 is 0. The maximum absolute atomic E-state index is 12.5. The monoisotopic (exact) mass is 613 g/mol. The van der Waals surface area contributed by atoms with Crippen molar-refractivity contribution in [3.8, 4) is 5.75 Å². The predicted octanol–water partition coefficient (Wildman–Crippen LogP) is 2.91. The number of imide groups is 1. The number of fused-ring (bicyclic) bond motifs is 1. The fourth-order valence-corrected chi connectivity index (χ4v) is 4.88. The van der Waals surface area contributed by atoms with Gasteiger partial charge in [0.25, 0.3) is 11.8 Å². The lowest BCUT2D eigenvalue weighted by molar-refractivity contribution is -0.200. The van der Waals surface area contributed by atoms with Crippen LogP contribution in [0.25, 0.3) is 10.9 Å². The fraction of sp³-hybridized carbons (Fsp3) is 0.310. The zero-order valence-corrected chi connectivity index (χ0v) is 23.4. The molecule has 230 valence electrons. The largest absolute Gasteiger partial charge is 0.490 e. The van der Waals surface area contributed by atoms with Gasteiger partial charge in [-0.3, -0.25) is 19.9 Å². The van der Waals surface area contributed by atoms with Gasteiger partial charge in [0.2, 0.25) is 0 Å². The van der Waals surface area contributed by atoms with Crippen LogP contribution in [0.5, 0.6) is 5.75 Å². The van der Waals surface area contributed by atoms with E-state index < -0.39 is 47.7 Å². The minimum atomic E-state index is -5.26. The van der Waals surface area contributed by atoms with Gasteiger partial charge < -0.3 is 24.9 Å². The van der Waals surface area contributed by atoms with E-state index in [0.717, 1.165) is 22.2 Å². The third kappa shape index (κ3) is 6.11. The molecule has 5 rings (SSSR count). The number of carbonyl (C=O) groups is 4. The average molecular weight is 614 g/mol. The standard InChI is InChI=1S/C29H26F3N5O7/c1-16-11-17(20-5-3-4-6-21(20)34-16)13-42-19-9-7-18(8-10-19)28(15-33-23(38)14-43-25(40)29(30,31)32)12-22(37-44-28)27(2)24(39)35-26(41)36-27/h3-11H,12-15H2,1-2H3,(H,33,38)(H2,35,36,39,41). The Hall–Kier alpha value is -5.21. The Morgan fingerprint density at radius 1 is 1.11 bits per heavy atom. The molecule has 3 aromatic rings. The Kier molecular flexibility index (Phi) is 7.88. The molecular formula is C29H26F3N5O7. The number of halogens is 3. The molecule has 0 bridgehead atoms. The number of nitrogens with one attached hydrogen (secondary N) is 3. The minimum Gasteiger partial charge on any atom is -0.489 e. The molecule has 15 heteroatoms. The smallest absolute Gasteiger partial charge is 0.489 e. The number of hydrogen-bond donors (Lipinski definition) is 3. The fourth-order valence-electron chi connectivity index (χ4n) is 4.88. The van der Waals surface area contributed by atoms with Gasteiger partial charge >= 0.3 is 18.2 Å². The molecule has 12 nitrogen and oxygen atoms in total. The number of carbonyl (C=O) groups excluding carboxylic acids is 4. The van der Waals surface area contributed by atoms with Gasteiger partial charge in [0, 0.05) is 28.6 Å². The number of esters is 1. The Bertz CT molecular complexity index is 1680. The first-order valence-electron chi connectivity index (χ1n) is 13.3. The van der Waals surface area contributed by atoms with Crippen molar-refractivity contribution in [2.24, 2.45) is 5.16 Å². The van der Waals surface area contributed by atoms with Crippen LogP contribution in [0.2, 0.25) is 0 Å². The lowest BCUT2D eigenvalue weighted by Crippen LogP contribution is -2.52. The van der Waals surface area contributed by atoms with Gasteiger partial charge in [0.05, 0.1) is 17.8 Å². The van der Waals surface area contributed by atoms with Crippen molar-refractivity contribution in [2.45, 2.75) is 44.2 Å². The van der Waals surface area contributed by atoms with Gasteiger partial charge in [-0.15, -0.1) is 0 Å². The first kappa shape index (κ1) is 30.3. The van der Waals surface area contributed by atoms with E-state index in [9.17, 15) is 32.3 Å². The molecule has 4 amide bonds. The molecule has 2 unspecified atom stereocenters. The van der Waals surface area contributed by atoms with Crippen molar-refractivity contribution in [1.82, 2.24) is 20.9 Å². The summed E-state index contributed by atoms with van der Waals surface area (Å²) in [7, 11) is 0. The van der Waals surface area contributed by atoms with Crippen molar-refractivity contribution in [3.05, 3.63) is 71.4 Å². The number of pyridine rings is 1. The molecule has 0 spiro atoms. The van der Waals surface area contributed by atoms with Gasteiger partial charge in [-0.05, 0) is 38.1 Å². The SMILES string of the molecule is Cc1cc(COc2ccc(C3(CNC(=O)COC(=O)C(F)(F)F)CC(C4(C)NC(=O)NC4=O)=NO3)cc2)c2ccccc2n1. The zero-order valence-electron chi connectivity index (χ0n) is 23.4. The molecule has 1 saturated heterocycles. The van der Waals surface area contributed by atoms with Gasteiger partial charge in [-0.2, -0.15) is 13.2 Å². The molecule has 1 fully saturated rings. The van der Waals surface area contributed by atoms with E-state index in [0.29, 0.717) is 11.3 Å². The Balaban J connectivity index is 1.33. The van der Waals surface area contributed by atoms with Crippen molar-refractivity contribution < 1.29 is 46.7 Å². The number of ether oxygens (including phenoxy) is 2. The lowest BCUT2D eigenvalue weighted by Gasteiger charge is -2.29. The summed E-state index contributed by atoms with van der Waals surface area (Å²) < 4.78 is 47.4. The summed E-state index contributed by atoms with van der Waals surface area (Å²) in [5.41, 5.74) is 0.239. The quantitative estimate of drug-likeness (QED) is 0.246. The van der Waals surface area contributed by atoms with E-state index in [4.69, 9.17) is 9.57 Å². The van der Waals surface area contributed by atoms with Crippen LogP contribution >= 0.6 is 0 Å². The van der Waals surface area contributed by atoms with Crippen molar-refractivity contribution in [1.29, 1.82) is 0 Å². The van der Waals surface area contributed by atoms with Gasteiger partial charge in [0.1, 0.15) is 12.4 Å². The van der Waals surface area contributed by atoms with Crippen molar-refractivity contribution in [2.75, 3.05) is 13.2 Å². The summed E-state index contributed by atoms with van der Waals surface area (Å²) in [6.45, 7) is 2.05. The number of para-hydroxylation sites is 1. The molecule has 2 aliphatic heterocycles. The van der Waals surface area contributed by atoms with Crippen LogP contribution in [0.1, 0.15) is 30.2 Å². The van der Waals surface area contributed by atoms with Gasteiger partial charge in [-0.25, -0.2) is 9.59 Å². The second-order valence-electron chi connectivity index (χ2n) is 10.4. The number of nitrogens with zero attached hydrogens (tertiary/aromatic N) is 2. The third-order valence-corrected chi connectivity index (χ3v) is 7.25. The van der Waals surface area contributed by atoms with Gasteiger partial charge in [-0.1, -0.05) is 35.5 Å². The first-order chi connectivity index (χ1) is 20.8. The molecule has 44 heavy (non-hydrogen) atoms. The van der Waals surface area contributed by atoms with Gasteiger partial charge in [0.15, 0.2) is 17.7 Å². The van der Waals surface area contributed by atoms with E-state index in [1.807, 2.05) is 37.3 Å². The normalized spacial score (nSPS) is 21.2. The van der Waals surface area contributed by atoms with E-state index in [1.54, 1.807) is 24.3 Å². The number of benzene rings is 2. The van der Waals surface area contributed by atoms with E-state index in [1.165, 1.54) is 6.92 Å². The molecule has 1 aromatic heterocycles. The molecular weight excluding hydrogens is 587 g/mol. The molecule has 0 radical (unpaired) electrons. The topological polar surface area (TPSA) is 157 Å². The molecule has 2 aromatic carbocycles. The van der Waals surface area contributed by atoms with Crippen LogP contribution in [0.4, 0.5) is 18.0 Å². The number of amides is 4. The van der Waals surface area contributed by atoms with Crippen LogP contribution in [0.3, 0.4) is 0 Å². The molecule has 3 heterocycles. The van der Waals surface area contributed by atoms with Crippen molar-refractivity contribution in [3.63, 3.8) is 0 Å². The van der Waals surface area contributed by atoms with Crippen LogP contribution in [-0.2, 0) is 36.2 Å². The van der Waals surface area contributed by atoms with Crippen LogP contribution in [0, 0.1) is 6.92 Å². The molecule has 2 atom stereocenters. The van der Waals surface area contributed by atoms with Crippen molar-refractivity contribution >= 4 is 40.4 Å². The number of oxime groups is 1. The average Bonchev–Trinajstić information content (AvgIpc) is 3.54. The first-order valence-corrected chi connectivity index (χ1v) is 13.3. The summed E-state index contributed by atoms with van der Waals surface area (Å²) in [4.78, 5) is 57.9. The van der Waals surface area contributed by atoms with E-state index in [2.05, 4.69) is 30.8 Å². The lowest BCUT2D eigenvalue weighted by atomic mass is 9.83. The molecule has 3 N–H and O–H groups in total. The second-order valence-corrected chi connectivity index (χ2v) is 10.4. The molecule has 0 saturated carbocycles. The van der Waals surface area contributed by atoms with Crippen LogP contribution < -0.4 is 20.7 Å². The summed E-state index contributed by atoms with van der Waals surface area (Å²) in [5.74, 6) is -3.70. The zero-order chi connectivity index (χ0) is 31.7. The summed E-state index contributed by atoms with van der Waals surface area (Å²) in [6, 6.07) is 15.5. The molecule has 2 aliphatic rings. The number of alkyl halides is 3. The number of aromatic nitrogens is 1. The molecule has 0 aliphatic carbocycles. The van der Waals surface area contributed by atoms with Crippen LogP contribution in [0.15, 0.2) is 59.8 Å². The Labute approximate surface area is 247 Å². The number of rotatable bonds is 9. The Morgan fingerprint density at radius 3 is 2.52 bits per heavy atom. The number of aryl methyl sites for hydroxylation is 1. The highest BCUT2D eigenvalue weighted by molar-refractivity contribution is 6.22. The summed E-state index contributed by atoms with van der Waals surface area (Å²) in [5, 5.41) is 12.0.